The Labute approximate surface area is 135 Å². The third-order valence-electron chi connectivity index (χ3n) is 0.963. The first-order chi connectivity index (χ1) is 5.21. The van der Waals surface area contributed by atoms with E-state index in [1.807, 2.05) is 0 Å². The fourth-order valence-corrected chi connectivity index (χ4v) is 10.6. The maximum atomic E-state index is 2.28. The molecule has 0 fully saturated rings. The van der Waals surface area contributed by atoms with Crippen molar-refractivity contribution < 1.29 is 56.9 Å². The predicted octanol–water partition coefficient (Wildman–Crippen LogP) is -6.35. The molecule has 0 amide bonds. The van der Waals surface area contributed by atoms with E-state index < -0.39 is 0 Å². The summed E-state index contributed by atoms with van der Waals surface area (Å²) < 4.78 is 2.28. The summed E-state index contributed by atoms with van der Waals surface area (Å²) in [4.78, 5) is 0. The van der Waals surface area contributed by atoms with Crippen molar-refractivity contribution in [1.29, 1.82) is 0 Å². The van der Waals surface area contributed by atoms with Gasteiger partial charge >= 0.3 is 88.4 Å². The number of hydrogen-bond acceptors (Lipinski definition) is 0. The number of rotatable bonds is 5. The minimum absolute atomic E-state index is 0. The summed E-state index contributed by atoms with van der Waals surface area (Å²) in [6.45, 7) is 0. The molecule has 0 aromatic carbocycles. The molecule has 0 unspecified atom stereocenters. The molecule has 0 atom stereocenters. The van der Waals surface area contributed by atoms with Gasteiger partial charge < -0.3 is 48.0 Å². The van der Waals surface area contributed by atoms with E-state index in [9.17, 15) is 0 Å². The van der Waals surface area contributed by atoms with Gasteiger partial charge in [-0.05, 0) is 0 Å². The Bertz CT molecular complexity index is 116. The van der Waals surface area contributed by atoms with Crippen molar-refractivity contribution in [2.75, 3.05) is 53.2 Å². The first kappa shape index (κ1) is 21.7. The summed E-state index contributed by atoms with van der Waals surface area (Å²) in [5, 5.41) is 0. The third kappa shape index (κ3) is 19.9. The van der Waals surface area contributed by atoms with E-state index in [0.717, 1.165) is 35.2 Å². The van der Waals surface area contributed by atoms with Gasteiger partial charge in [0.15, 0.2) is 0 Å². The number of halogens is 2. The Hall–Kier alpha value is 2.42. The van der Waals surface area contributed by atoms with Crippen LogP contribution in [0.25, 0.3) is 0 Å². The molecular weight excluding hydrogens is 536 g/mol. The van der Waals surface area contributed by atoms with Crippen LogP contribution >= 0.6 is 0 Å². The monoisotopic (exact) mass is 560 g/mol. The summed E-state index contributed by atoms with van der Waals surface area (Å²) in [7, 11) is 13.7. The zero-order chi connectivity index (χ0) is 9.83. The van der Waals surface area contributed by atoms with Crippen LogP contribution in [0.5, 0.6) is 0 Å². The normalized spacial score (nSPS) is 11.6. The Morgan fingerprint density at radius 3 is 1.00 bits per heavy atom. The zero-order valence-corrected chi connectivity index (χ0v) is 17.6. The van der Waals surface area contributed by atoms with Crippen molar-refractivity contribution >= 4 is 26.3 Å². The molecule has 0 aliphatic carbocycles. The average molecular weight is 558 g/mol. The molecule has 0 saturated carbocycles. The van der Waals surface area contributed by atoms with Crippen LogP contribution in [0.15, 0.2) is 0 Å². The molecule has 0 aliphatic rings. The van der Waals surface area contributed by atoms with Crippen LogP contribution in [0, 0.1) is 0 Å². The minimum Gasteiger partial charge on any atom is -1.00 e. The minimum atomic E-state index is 0. The van der Waals surface area contributed by atoms with E-state index >= 15 is 0 Å². The second-order valence-corrected chi connectivity index (χ2v) is 12.3. The third-order valence-corrected chi connectivity index (χ3v) is 9.12. The molecule has 0 heterocycles. The van der Waals surface area contributed by atoms with Crippen LogP contribution in [0.1, 0.15) is 0 Å². The molecular formula is C8H22I2N2Se2. The van der Waals surface area contributed by atoms with Gasteiger partial charge in [-0.1, -0.05) is 0 Å². The van der Waals surface area contributed by atoms with E-state index in [1.165, 1.54) is 10.9 Å². The van der Waals surface area contributed by atoms with Gasteiger partial charge in [0.25, 0.3) is 0 Å². The smallest absolute Gasteiger partial charge is 1.00 e. The van der Waals surface area contributed by atoms with Gasteiger partial charge in [0, 0.05) is 0 Å². The van der Waals surface area contributed by atoms with Crippen molar-refractivity contribution in [2.24, 2.45) is 0 Å². The topological polar surface area (TPSA) is 0 Å². The van der Waals surface area contributed by atoms with Crippen LogP contribution in [-0.4, -0.2) is 88.4 Å². The largest absolute Gasteiger partial charge is 1.00 e. The molecule has 0 aromatic rings. The Morgan fingerprint density at radius 1 is 0.643 bits per heavy atom. The van der Waals surface area contributed by atoms with Crippen LogP contribution in [0.2, 0.25) is 0 Å². The summed E-state index contributed by atoms with van der Waals surface area (Å²) in [6.07, 6.45) is 0. The maximum Gasteiger partial charge on any atom is -1.00 e. The molecule has 0 rings (SSSR count). The van der Waals surface area contributed by atoms with Crippen molar-refractivity contribution in [2.45, 2.75) is 0 Å². The molecule has 6 heteroatoms. The van der Waals surface area contributed by atoms with Gasteiger partial charge in [-0.3, -0.25) is 0 Å². The van der Waals surface area contributed by atoms with Gasteiger partial charge in [-0.2, -0.15) is 0 Å². The predicted molar refractivity (Wildman–Crippen MR) is 57.3 cm³/mol. The maximum absolute atomic E-state index is 2.28. The molecule has 0 radical (unpaired) electrons. The summed E-state index contributed by atoms with van der Waals surface area (Å²) >= 11 is 1.77. The molecule has 90 valence electrons. The van der Waals surface area contributed by atoms with Crippen LogP contribution in [0.3, 0.4) is 0 Å². The fraction of sp³-hybridized carbons (Fsp3) is 1.00. The quantitative estimate of drug-likeness (QED) is 0.137. The number of hydrogen-bond donors (Lipinski definition) is 0. The Kier molecular flexibility index (Phi) is 14.6. The molecule has 14 heavy (non-hydrogen) atoms. The van der Waals surface area contributed by atoms with Crippen molar-refractivity contribution in [1.82, 2.24) is 0 Å². The molecule has 0 aliphatic heterocycles. The first-order valence-electron chi connectivity index (χ1n) is 4.06. The van der Waals surface area contributed by atoms with Crippen LogP contribution in [-0.2, 0) is 0 Å². The molecule has 0 spiro atoms. The molecule has 0 saturated heterocycles. The number of nitrogens with zero attached hydrogens (tertiary/aromatic N) is 2. The fourth-order valence-electron chi connectivity index (χ4n) is 0.391. The zero-order valence-electron chi connectivity index (χ0n) is 9.88. The second-order valence-electron chi connectivity index (χ2n) is 5.07. The molecule has 0 bridgehead atoms. The van der Waals surface area contributed by atoms with Gasteiger partial charge in [0.2, 0.25) is 0 Å². The van der Waals surface area contributed by atoms with E-state index in [4.69, 9.17) is 0 Å². The van der Waals surface area contributed by atoms with Crippen molar-refractivity contribution in [3.8, 4) is 0 Å². The molecule has 0 aromatic heterocycles. The number of quaternary nitrogens is 2. The summed E-state index contributed by atoms with van der Waals surface area (Å²) in [5.74, 6) is 0. The Balaban J connectivity index is -0.000000605. The van der Waals surface area contributed by atoms with E-state index in [2.05, 4.69) is 42.3 Å². The summed E-state index contributed by atoms with van der Waals surface area (Å²) in [6, 6.07) is 0. The molecule has 0 N–H and O–H groups in total. The average Bonchev–Trinajstić information content (AvgIpc) is 1.76. The standard InChI is InChI=1S/C8H22N2Se2.2HI/c1-9(2,3)7-11-12-8-10(4,5)6;;/h7-8H2,1-6H3;2*1H/q+2;;/p-2. The molecule has 2 nitrogen and oxygen atoms in total. The summed E-state index contributed by atoms with van der Waals surface area (Å²) in [5.41, 5.74) is 2.76. The van der Waals surface area contributed by atoms with Gasteiger partial charge in [0.1, 0.15) is 0 Å². The SMILES string of the molecule is C[N+](C)(C)C[Se][Se]C[N+](C)(C)C.[I-].[I-]. The van der Waals surface area contributed by atoms with Crippen LogP contribution < -0.4 is 48.0 Å². The first-order valence-corrected chi connectivity index (χ1v) is 10.8. The second kappa shape index (κ2) is 9.45. The van der Waals surface area contributed by atoms with E-state index in [0.29, 0.717) is 0 Å². The van der Waals surface area contributed by atoms with Crippen molar-refractivity contribution in [3.05, 3.63) is 0 Å². The van der Waals surface area contributed by atoms with Gasteiger partial charge in [-0.25, -0.2) is 0 Å². The van der Waals surface area contributed by atoms with Crippen LogP contribution in [0.4, 0.5) is 0 Å². The van der Waals surface area contributed by atoms with Gasteiger partial charge in [0.05, 0.1) is 0 Å². The van der Waals surface area contributed by atoms with Gasteiger partial charge in [-0.15, -0.1) is 0 Å². The van der Waals surface area contributed by atoms with E-state index in [1.54, 1.807) is 0 Å². The van der Waals surface area contributed by atoms with E-state index in [-0.39, 0.29) is 48.0 Å². The van der Waals surface area contributed by atoms with Crippen molar-refractivity contribution in [3.63, 3.8) is 0 Å². The Morgan fingerprint density at radius 2 is 0.857 bits per heavy atom.